The Balaban J connectivity index is 0.000000980. The van der Waals surface area contributed by atoms with Crippen LogP contribution in [-0.2, 0) is 6.42 Å². The number of hydrogen-bond donors (Lipinski definition) is 2. The Morgan fingerprint density at radius 1 is 1.29 bits per heavy atom. The quantitative estimate of drug-likeness (QED) is 0.714. The number of phenols is 1. The van der Waals surface area contributed by atoms with Gasteiger partial charge in [-0.25, -0.2) is 0 Å². The van der Waals surface area contributed by atoms with Crippen molar-refractivity contribution in [3.63, 3.8) is 0 Å². The summed E-state index contributed by atoms with van der Waals surface area (Å²) >= 11 is 3.31. The van der Waals surface area contributed by atoms with Gasteiger partial charge in [-0.2, -0.15) is 0 Å². The number of anilines is 1. The summed E-state index contributed by atoms with van der Waals surface area (Å²) in [5.41, 5.74) is 2.38. The van der Waals surface area contributed by atoms with Crippen molar-refractivity contribution in [1.29, 1.82) is 0 Å². The molecule has 0 radical (unpaired) electrons. The topological polar surface area (TPSA) is 32.3 Å². The van der Waals surface area contributed by atoms with Crippen molar-refractivity contribution in [1.82, 2.24) is 0 Å². The van der Waals surface area contributed by atoms with Crippen LogP contribution in [0.15, 0.2) is 16.6 Å². The first-order valence-corrected chi connectivity index (χ1v) is 5.32. The second-order valence-corrected chi connectivity index (χ2v) is 4.20. The number of halogens is 2. The fourth-order valence-corrected chi connectivity index (χ4v) is 1.98. The molecule has 0 saturated heterocycles. The van der Waals surface area contributed by atoms with Crippen molar-refractivity contribution < 1.29 is 5.11 Å². The van der Waals surface area contributed by atoms with Gasteiger partial charge in [0.1, 0.15) is 5.75 Å². The van der Waals surface area contributed by atoms with Crippen LogP contribution in [0.25, 0.3) is 0 Å². The third-order valence-electron chi connectivity index (χ3n) is 2.36. The highest BCUT2D eigenvalue weighted by atomic mass is 79.9. The van der Waals surface area contributed by atoms with E-state index in [0.29, 0.717) is 5.75 Å². The minimum atomic E-state index is 0. The lowest BCUT2D eigenvalue weighted by atomic mass is 10.1. The third kappa shape index (κ3) is 2.34. The van der Waals surface area contributed by atoms with Crippen LogP contribution in [0.1, 0.15) is 18.4 Å². The molecule has 0 atom stereocenters. The SMILES string of the molecule is Cl.Oc1cc2c(cc1Br)NCCCC2. The van der Waals surface area contributed by atoms with Gasteiger partial charge >= 0.3 is 0 Å². The van der Waals surface area contributed by atoms with Gasteiger partial charge in [0, 0.05) is 12.2 Å². The van der Waals surface area contributed by atoms with E-state index in [0.717, 1.165) is 23.1 Å². The summed E-state index contributed by atoms with van der Waals surface area (Å²) < 4.78 is 0.764. The molecule has 0 bridgehead atoms. The maximum Gasteiger partial charge on any atom is 0.130 e. The fourth-order valence-electron chi connectivity index (χ4n) is 1.64. The molecule has 0 amide bonds. The maximum absolute atomic E-state index is 9.49. The Morgan fingerprint density at radius 2 is 2.07 bits per heavy atom. The van der Waals surface area contributed by atoms with E-state index in [2.05, 4.69) is 21.2 Å². The molecular formula is C10H13BrClNO. The van der Waals surface area contributed by atoms with Crippen LogP contribution in [0, 0.1) is 0 Å². The lowest BCUT2D eigenvalue weighted by molar-refractivity contribution is 0.471. The first-order chi connectivity index (χ1) is 6.27. The van der Waals surface area contributed by atoms with E-state index in [9.17, 15) is 5.11 Å². The number of fused-ring (bicyclic) bond motifs is 1. The Morgan fingerprint density at radius 3 is 2.86 bits per heavy atom. The minimum absolute atomic E-state index is 0. The number of rotatable bonds is 0. The molecule has 2 N–H and O–H groups in total. The molecule has 1 aromatic carbocycles. The molecule has 0 unspecified atom stereocenters. The summed E-state index contributed by atoms with van der Waals surface area (Å²) in [6.07, 6.45) is 3.46. The summed E-state index contributed by atoms with van der Waals surface area (Å²) in [6.45, 7) is 1.03. The molecule has 14 heavy (non-hydrogen) atoms. The van der Waals surface area contributed by atoms with Crippen molar-refractivity contribution in [2.45, 2.75) is 19.3 Å². The Kier molecular flexibility index (Phi) is 4.08. The van der Waals surface area contributed by atoms with Crippen LogP contribution in [0.5, 0.6) is 5.75 Å². The van der Waals surface area contributed by atoms with Crippen molar-refractivity contribution in [3.8, 4) is 5.75 Å². The monoisotopic (exact) mass is 277 g/mol. The van der Waals surface area contributed by atoms with E-state index in [-0.39, 0.29) is 12.4 Å². The molecule has 1 aliphatic rings. The molecule has 0 aliphatic carbocycles. The second-order valence-electron chi connectivity index (χ2n) is 3.34. The highest BCUT2D eigenvalue weighted by Crippen LogP contribution is 2.32. The molecule has 0 aromatic heterocycles. The van der Waals surface area contributed by atoms with Gasteiger partial charge in [0.2, 0.25) is 0 Å². The van der Waals surface area contributed by atoms with Crippen LogP contribution in [0.2, 0.25) is 0 Å². The summed E-state index contributed by atoms with van der Waals surface area (Å²) in [4.78, 5) is 0. The zero-order chi connectivity index (χ0) is 9.26. The van der Waals surface area contributed by atoms with Gasteiger partial charge in [0.05, 0.1) is 4.47 Å². The largest absolute Gasteiger partial charge is 0.507 e. The van der Waals surface area contributed by atoms with Gasteiger partial charge in [-0.1, -0.05) is 0 Å². The van der Waals surface area contributed by atoms with Crippen molar-refractivity contribution in [2.24, 2.45) is 0 Å². The number of nitrogens with one attached hydrogen (secondary N) is 1. The average Bonchev–Trinajstić information content (AvgIpc) is 2.31. The maximum atomic E-state index is 9.49. The smallest absolute Gasteiger partial charge is 0.130 e. The molecule has 0 fully saturated rings. The molecule has 2 rings (SSSR count). The second kappa shape index (κ2) is 4.89. The molecule has 1 aromatic rings. The van der Waals surface area contributed by atoms with E-state index in [1.807, 2.05) is 12.1 Å². The van der Waals surface area contributed by atoms with Crippen LogP contribution >= 0.6 is 28.3 Å². The first kappa shape index (κ1) is 11.7. The molecule has 1 heterocycles. The van der Waals surface area contributed by atoms with Crippen molar-refractivity contribution >= 4 is 34.0 Å². The Hall–Kier alpha value is -0.410. The number of hydrogen-bond acceptors (Lipinski definition) is 2. The normalized spacial score (nSPS) is 14.6. The third-order valence-corrected chi connectivity index (χ3v) is 3.00. The highest BCUT2D eigenvalue weighted by Gasteiger charge is 2.09. The van der Waals surface area contributed by atoms with E-state index < -0.39 is 0 Å². The van der Waals surface area contributed by atoms with Crippen molar-refractivity contribution in [2.75, 3.05) is 11.9 Å². The zero-order valence-corrected chi connectivity index (χ0v) is 10.1. The zero-order valence-electron chi connectivity index (χ0n) is 7.72. The highest BCUT2D eigenvalue weighted by molar-refractivity contribution is 9.10. The molecule has 1 aliphatic heterocycles. The van der Waals surface area contributed by atoms with Crippen LogP contribution in [0.3, 0.4) is 0 Å². The lowest BCUT2D eigenvalue weighted by Gasteiger charge is -2.08. The van der Waals surface area contributed by atoms with Gasteiger partial charge in [-0.05, 0) is 52.9 Å². The van der Waals surface area contributed by atoms with Gasteiger partial charge in [0.25, 0.3) is 0 Å². The predicted molar refractivity (Wildman–Crippen MR) is 64.5 cm³/mol. The number of aromatic hydroxyl groups is 1. The lowest BCUT2D eigenvalue weighted by Crippen LogP contribution is -1.99. The first-order valence-electron chi connectivity index (χ1n) is 4.52. The van der Waals surface area contributed by atoms with Gasteiger partial charge in [-0.3, -0.25) is 0 Å². The summed E-state index contributed by atoms with van der Waals surface area (Å²) in [6, 6.07) is 3.80. The Bertz CT molecular complexity index is 299. The molecule has 0 spiro atoms. The van der Waals surface area contributed by atoms with E-state index in [4.69, 9.17) is 0 Å². The predicted octanol–water partition coefficient (Wildman–Crippen LogP) is 3.32. The van der Waals surface area contributed by atoms with Gasteiger partial charge in [-0.15, -0.1) is 12.4 Å². The van der Waals surface area contributed by atoms with Gasteiger partial charge < -0.3 is 10.4 Å². The number of phenolic OH excluding ortho intramolecular Hbond substituents is 1. The number of benzene rings is 1. The number of aryl methyl sites for hydroxylation is 1. The standard InChI is InChI=1S/C10H12BrNO.ClH/c11-8-6-9-7(5-10(8)13)3-1-2-4-12-9;/h5-6,12-13H,1-4H2;1H. The summed E-state index contributed by atoms with van der Waals surface area (Å²) in [7, 11) is 0. The van der Waals surface area contributed by atoms with Crippen LogP contribution in [0.4, 0.5) is 5.69 Å². The molecule has 0 saturated carbocycles. The molecule has 78 valence electrons. The summed E-state index contributed by atoms with van der Waals surface area (Å²) in [5.74, 6) is 0.336. The fraction of sp³-hybridized carbons (Fsp3) is 0.400. The van der Waals surface area contributed by atoms with Crippen LogP contribution < -0.4 is 5.32 Å². The van der Waals surface area contributed by atoms with E-state index in [1.54, 1.807) is 0 Å². The molecule has 2 nitrogen and oxygen atoms in total. The average molecular weight is 279 g/mol. The van der Waals surface area contributed by atoms with Crippen LogP contribution in [-0.4, -0.2) is 11.7 Å². The van der Waals surface area contributed by atoms with Crippen molar-refractivity contribution in [3.05, 3.63) is 22.2 Å². The van der Waals surface area contributed by atoms with Gasteiger partial charge in [0.15, 0.2) is 0 Å². The Labute approximate surface area is 98.3 Å². The van der Waals surface area contributed by atoms with E-state index in [1.165, 1.54) is 18.4 Å². The molecule has 4 heteroatoms. The molecular weight excluding hydrogens is 265 g/mol. The summed E-state index contributed by atoms with van der Waals surface area (Å²) in [5, 5.41) is 12.8. The minimum Gasteiger partial charge on any atom is -0.507 e. The van der Waals surface area contributed by atoms with E-state index >= 15 is 0 Å².